The van der Waals surface area contributed by atoms with Crippen LogP contribution in [-0.4, -0.2) is 96.3 Å². The maximum atomic E-state index is 14.1. The van der Waals surface area contributed by atoms with Gasteiger partial charge in [0, 0.05) is 47.3 Å². The fourth-order valence-electron chi connectivity index (χ4n) is 6.29. The summed E-state index contributed by atoms with van der Waals surface area (Å²) in [7, 11) is 2.82. The number of nitrogens with one attached hydrogen (secondary N) is 1. The molecule has 3 aromatic heterocycles. The third-order valence-electron chi connectivity index (χ3n) is 8.87. The van der Waals surface area contributed by atoms with Crippen molar-refractivity contribution in [3.8, 4) is 0 Å². The van der Waals surface area contributed by atoms with Gasteiger partial charge in [-0.1, -0.05) is 17.1 Å². The number of ether oxygens (including phenoxy) is 1. The van der Waals surface area contributed by atoms with E-state index in [2.05, 4.69) is 51.5 Å². The van der Waals surface area contributed by atoms with E-state index in [1.807, 2.05) is 23.2 Å². The molecule has 0 aliphatic carbocycles. The Hall–Kier alpha value is -3.65. The number of fused-ring (bicyclic) bond motifs is 1. The maximum absolute atomic E-state index is 14.1. The summed E-state index contributed by atoms with van der Waals surface area (Å²) >= 11 is 1.48. The van der Waals surface area contributed by atoms with Crippen LogP contribution in [0.4, 0.5) is 11.6 Å². The van der Waals surface area contributed by atoms with Crippen molar-refractivity contribution in [2.45, 2.75) is 48.8 Å². The van der Waals surface area contributed by atoms with Crippen LogP contribution >= 0.6 is 11.3 Å². The molecule has 7 rings (SSSR count). The van der Waals surface area contributed by atoms with Crippen molar-refractivity contribution in [1.82, 2.24) is 24.4 Å². The zero-order valence-electron chi connectivity index (χ0n) is 25.5. The Labute approximate surface area is 268 Å². The third kappa shape index (κ3) is 6.39. The number of anilines is 2. The zero-order chi connectivity index (χ0) is 30.9. The number of hydrogen-bond donors (Lipinski definition) is 1. The predicted molar refractivity (Wildman–Crippen MR) is 179 cm³/mol. The summed E-state index contributed by atoms with van der Waals surface area (Å²) < 4.78 is 22.3. The molecule has 6 heterocycles. The van der Waals surface area contributed by atoms with E-state index in [9.17, 15) is 9.00 Å². The van der Waals surface area contributed by atoms with Crippen molar-refractivity contribution in [2.75, 3.05) is 45.7 Å². The van der Waals surface area contributed by atoms with Gasteiger partial charge in [-0.15, -0.1) is 11.3 Å². The number of nitrogens with zero attached hydrogens (tertiary/aromatic N) is 7. The maximum Gasteiger partial charge on any atom is 0.331 e. The van der Waals surface area contributed by atoms with Crippen molar-refractivity contribution in [2.24, 2.45) is 4.99 Å². The van der Waals surface area contributed by atoms with E-state index in [0.29, 0.717) is 47.5 Å². The molecule has 0 saturated carbocycles. The first kappa shape index (κ1) is 30.0. The Kier molecular flexibility index (Phi) is 8.67. The molecule has 11 nitrogen and oxygen atoms in total. The number of aromatic nitrogens is 4. The van der Waals surface area contributed by atoms with Gasteiger partial charge in [0.05, 0.1) is 24.4 Å². The second-order valence-electron chi connectivity index (χ2n) is 11.9. The number of rotatable bonds is 8. The van der Waals surface area contributed by atoms with Gasteiger partial charge in [-0.2, -0.15) is 4.98 Å². The van der Waals surface area contributed by atoms with E-state index >= 15 is 0 Å². The van der Waals surface area contributed by atoms with Crippen molar-refractivity contribution in [3.63, 3.8) is 0 Å². The molecule has 3 aliphatic heterocycles. The van der Waals surface area contributed by atoms with Crippen molar-refractivity contribution >= 4 is 56.9 Å². The molecule has 0 spiro atoms. The average Bonchev–Trinajstić information content (AvgIpc) is 3.73. The minimum absolute atomic E-state index is 0.0273. The first-order valence-corrected chi connectivity index (χ1v) is 17.6. The minimum Gasteiger partial charge on any atom is -0.381 e. The smallest absolute Gasteiger partial charge is 0.331 e. The molecule has 2 unspecified atom stereocenters. The van der Waals surface area contributed by atoms with Crippen LogP contribution in [0, 0.1) is 0 Å². The minimum atomic E-state index is -1.21. The van der Waals surface area contributed by atoms with E-state index < -0.39 is 16.2 Å². The van der Waals surface area contributed by atoms with E-state index in [4.69, 9.17) is 14.7 Å². The molecule has 1 N–H and O–H groups in total. The lowest BCUT2D eigenvalue weighted by molar-refractivity contribution is -0.360. The number of aliphatic imine (C=N–C) groups is 1. The van der Waals surface area contributed by atoms with Crippen LogP contribution in [0.15, 0.2) is 57.9 Å². The Morgan fingerprint density at radius 2 is 1.89 bits per heavy atom. The van der Waals surface area contributed by atoms with Gasteiger partial charge in [0.2, 0.25) is 5.95 Å². The SMILES string of the molecule is CN1CCC(c2ccc(Nc3ncc4cc(C5=NC(S(=O)C6CCOCC6)C=[N+]5C)c(=O)n(Cc5nccs5)c4n3)cc2)CC1. The summed E-state index contributed by atoms with van der Waals surface area (Å²) in [4.78, 5) is 35.2. The van der Waals surface area contributed by atoms with Gasteiger partial charge in [-0.25, -0.2) is 14.5 Å². The van der Waals surface area contributed by atoms with Gasteiger partial charge < -0.3 is 15.0 Å². The molecule has 0 amide bonds. The number of amidine groups is 1. The van der Waals surface area contributed by atoms with E-state index in [1.165, 1.54) is 29.7 Å². The zero-order valence-corrected chi connectivity index (χ0v) is 27.1. The average molecular weight is 646 g/mol. The first-order valence-electron chi connectivity index (χ1n) is 15.4. The summed E-state index contributed by atoms with van der Waals surface area (Å²) in [5.74, 6) is 1.48. The Morgan fingerprint density at radius 3 is 2.62 bits per heavy atom. The van der Waals surface area contributed by atoms with E-state index in [-0.39, 0.29) is 17.4 Å². The quantitative estimate of drug-likeness (QED) is 0.289. The molecular weight excluding hydrogens is 609 g/mol. The third-order valence-corrected chi connectivity index (χ3v) is 11.5. The molecule has 1 aromatic carbocycles. The highest BCUT2D eigenvalue weighted by molar-refractivity contribution is 7.87. The Balaban J connectivity index is 1.20. The fraction of sp³-hybridized carbons (Fsp3) is 0.438. The summed E-state index contributed by atoms with van der Waals surface area (Å²) in [5, 5.41) is 6.23. The van der Waals surface area contributed by atoms with E-state index in [1.54, 1.807) is 23.0 Å². The molecule has 4 aromatic rings. The normalized spacial score (nSPS) is 20.7. The molecular formula is C32H37N8O3S2+. The molecule has 0 radical (unpaired) electrons. The molecule has 234 valence electrons. The van der Waals surface area contributed by atoms with Crippen LogP contribution in [0.5, 0.6) is 0 Å². The summed E-state index contributed by atoms with van der Waals surface area (Å²) in [6, 6.07) is 10.3. The van der Waals surface area contributed by atoms with Gasteiger partial charge in [-0.3, -0.25) is 13.6 Å². The van der Waals surface area contributed by atoms with Crippen LogP contribution < -0.4 is 10.9 Å². The highest BCUT2D eigenvalue weighted by atomic mass is 32.2. The molecule has 3 aliphatic rings. The fourth-order valence-corrected chi connectivity index (χ4v) is 8.45. The Bertz CT molecular complexity index is 1820. The number of pyridine rings is 1. The standard InChI is InChI=1S/C32H36N8O3S2/c1-38-12-7-22(8-13-38)21-3-5-24(6-4-21)35-32-34-18-23-17-26(31(41)40(29(23)37-32)19-27-33-11-16-44-27)30-36-28(20-39(30)2)45(42)25-9-14-43-15-10-25/h3-6,11,16-18,20,22,25,28H,7-10,12-15,19H2,1-2H3/p+1. The van der Waals surface area contributed by atoms with Crippen LogP contribution in [-0.2, 0) is 22.1 Å². The Morgan fingerprint density at radius 1 is 1.11 bits per heavy atom. The molecule has 2 atom stereocenters. The van der Waals surface area contributed by atoms with Gasteiger partial charge in [0.1, 0.15) is 22.4 Å². The van der Waals surface area contributed by atoms with Crippen molar-refractivity contribution in [3.05, 3.63) is 74.6 Å². The predicted octanol–water partition coefficient (Wildman–Crippen LogP) is 3.58. The summed E-state index contributed by atoms with van der Waals surface area (Å²) in [6.45, 7) is 3.74. The van der Waals surface area contributed by atoms with E-state index in [0.717, 1.165) is 36.6 Å². The molecule has 0 bridgehead atoms. The van der Waals surface area contributed by atoms with Crippen molar-refractivity contribution in [1.29, 1.82) is 0 Å². The highest BCUT2D eigenvalue weighted by Crippen LogP contribution is 2.29. The van der Waals surface area contributed by atoms with Gasteiger partial charge in [0.15, 0.2) is 0 Å². The first-order chi connectivity index (χ1) is 21.9. The molecule has 2 fully saturated rings. The lowest BCUT2D eigenvalue weighted by Gasteiger charge is -2.29. The van der Waals surface area contributed by atoms with Crippen LogP contribution in [0.25, 0.3) is 11.0 Å². The lowest BCUT2D eigenvalue weighted by atomic mass is 9.89. The highest BCUT2D eigenvalue weighted by Gasteiger charge is 2.37. The molecule has 45 heavy (non-hydrogen) atoms. The van der Waals surface area contributed by atoms with Crippen LogP contribution in [0.1, 0.15) is 47.7 Å². The summed E-state index contributed by atoms with van der Waals surface area (Å²) in [6.07, 6.45) is 9.15. The second-order valence-corrected chi connectivity index (χ2v) is 14.7. The number of thiazole rings is 1. The largest absolute Gasteiger partial charge is 0.381 e. The molecule has 2 saturated heterocycles. The lowest BCUT2D eigenvalue weighted by Crippen LogP contribution is -2.31. The molecule has 13 heteroatoms. The number of piperidine rings is 1. The number of hydrogen-bond acceptors (Lipinski definition) is 10. The van der Waals surface area contributed by atoms with Crippen molar-refractivity contribution < 1.29 is 13.5 Å². The monoisotopic (exact) mass is 645 g/mol. The summed E-state index contributed by atoms with van der Waals surface area (Å²) in [5.41, 5.74) is 2.93. The van der Waals surface area contributed by atoms with Gasteiger partial charge >= 0.3 is 5.84 Å². The van der Waals surface area contributed by atoms with Gasteiger partial charge in [0.25, 0.3) is 10.9 Å². The van der Waals surface area contributed by atoms with Crippen LogP contribution in [0.2, 0.25) is 0 Å². The second kappa shape index (κ2) is 13.0. The topological polar surface area (TPSA) is 118 Å². The number of likely N-dealkylation sites (tertiary alicyclic amines) is 1. The number of benzene rings is 1. The van der Waals surface area contributed by atoms with Gasteiger partial charge in [-0.05, 0) is 75.5 Å². The van der Waals surface area contributed by atoms with Crippen LogP contribution in [0.3, 0.4) is 0 Å².